The number of nitrogens with zero attached hydrogens (tertiary/aromatic N) is 1. The summed E-state index contributed by atoms with van der Waals surface area (Å²) < 4.78 is 50.7. The highest BCUT2D eigenvalue weighted by Gasteiger charge is 2.28. The smallest absolute Gasteiger partial charge is 0.258 e. The molecule has 0 atom stereocenters. The molecule has 0 spiro atoms. The third-order valence-corrected chi connectivity index (χ3v) is 6.58. The quantitative estimate of drug-likeness (QED) is 0.710. The first kappa shape index (κ1) is 21.5. The van der Waals surface area contributed by atoms with Gasteiger partial charge < -0.3 is 14.8 Å². The average Bonchev–Trinajstić information content (AvgIpc) is 2.72. The van der Waals surface area contributed by atoms with Crippen molar-refractivity contribution in [3.63, 3.8) is 0 Å². The summed E-state index contributed by atoms with van der Waals surface area (Å²) in [5, 5.41) is 2.68. The Kier molecular flexibility index (Phi) is 7.07. The van der Waals surface area contributed by atoms with Gasteiger partial charge in [0.2, 0.25) is 10.0 Å². The summed E-state index contributed by atoms with van der Waals surface area (Å²) in [6.45, 7) is 0.941. The molecule has 7 nitrogen and oxygen atoms in total. The molecule has 0 aromatic heterocycles. The monoisotopic (exact) mass is 442 g/mol. The third-order valence-electron chi connectivity index (χ3n) is 4.29. The van der Waals surface area contributed by atoms with Crippen molar-refractivity contribution in [1.29, 1.82) is 0 Å². The molecule has 2 aromatic rings. The normalized spacial score (nSPS) is 15.1. The fraction of sp³-hybridized carbons (Fsp3) is 0.316. The van der Waals surface area contributed by atoms with Gasteiger partial charge in [0.1, 0.15) is 11.6 Å². The second kappa shape index (κ2) is 9.53. The molecule has 1 heterocycles. The third kappa shape index (κ3) is 5.45. The number of sulfonamides is 1. The lowest BCUT2D eigenvalue weighted by atomic mass is 10.2. The zero-order valence-electron chi connectivity index (χ0n) is 15.4. The van der Waals surface area contributed by atoms with Gasteiger partial charge in [0.15, 0.2) is 6.61 Å². The van der Waals surface area contributed by atoms with Crippen molar-refractivity contribution in [2.45, 2.75) is 11.4 Å². The summed E-state index contributed by atoms with van der Waals surface area (Å²) in [5.74, 6) is -0.799. The van der Waals surface area contributed by atoms with E-state index in [0.29, 0.717) is 18.8 Å². The van der Waals surface area contributed by atoms with Crippen LogP contribution in [0.5, 0.6) is 5.75 Å². The number of hydrogen-bond donors (Lipinski definition) is 1. The van der Waals surface area contributed by atoms with Crippen molar-refractivity contribution < 1.29 is 27.1 Å². The zero-order chi connectivity index (χ0) is 20.9. The molecule has 0 aliphatic carbocycles. The van der Waals surface area contributed by atoms with Crippen LogP contribution in [0.2, 0.25) is 5.02 Å². The fourth-order valence-electron chi connectivity index (χ4n) is 2.81. The Morgan fingerprint density at radius 3 is 2.66 bits per heavy atom. The largest absolute Gasteiger partial charge is 0.482 e. The van der Waals surface area contributed by atoms with Gasteiger partial charge in [-0.05, 0) is 29.8 Å². The zero-order valence-corrected chi connectivity index (χ0v) is 17.0. The van der Waals surface area contributed by atoms with E-state index in [1.54, 1.807) is 18.2 Å². The molecule has 1 saturated heterocycles. The van der Waals surface area contributed by atoms with Crippen molar-refractivity contribution >= 4 is 27.5 Å². The molecule has 29 heavy (non-hydrogen) atoms. The van der Waals surface area contributed by atoms with E-state index in [0.717, 1.165) is 6.07 Å². The van der Waals surface area contributed by atoms with Gasteiger partial charge >= 0.3 is 0 Å². The van der Waals surface area contributed by atoms with Gasteiger partial charge in [-0.2, -0.15) is 4.31 Å². The van der Waals surface area contributed by atoms with Gasteiger partial charge in [-0.1, -0.05) is 29.8 Å². The molecule has 1 aliphatic rings. The standard InChI is InChI=1S/C19H20ClFN2O5S/c20-16-11-15(21)5-6-17(16)28-13-19(24)22-12-14-3-1-2-4-18(14)29(25,26)23-7-9-27-10-8-23/h1-6,11H,7-10,12-13H2,(H,22,24). The van der Waals surface area contributed by atoms with E-state index in [4.69, 9.17) is 21.1 Å². The highest BCUT2D eigenvalue weighted by molar-refractivity contribution is 7.89. The van der Waals surface area contributed by atoms with E-state index in [2.05, 4.69) is 5.32 Å². The van der Waals surface area contributed by atoms with E-state index in [-0.39, 0.29) is 41.9 Å². The second-order valence-electron chi connectivity index (χ2n) is 6.26. The highest BCUT2D eigenvalue weighted by Crippen LogP contribution is 2.25. The molecule has 0 bridgehead atoms. The molecule has 2 aromatic carbocycles. The molecule has 0 saturated carbocycles. The molecule has 1 aliphatic heterocycles. The summed E-state index contributed by atoms with van der Waals surface area (Å²) in [4.78, 5) is 12.2. The summed E-state index contributed by atoms with van der Waals surface area (Å²) in [6, 6.07) is 10.1. The molecular weight excluding hydrogens is 423 g/mol. The predicted molar refractivity (Wildman–Crippen MR) is 105 cm³/mol. The van der Waals surface area contributed by atoms with Crippen LogP contribution in [0.4, 0.5) is 4.39 Å². The number of ether oxygens (including phenoxy) is 2. The van der Waals surface area contributed by atoms with Crippen LogP contribution in [-0.4, -0.2) is 51.5 Å². The van der Waals surface area contributed by atoms with Crippen molar-refractivity contribution in [2.24, 2.45) is 0 Å². The van der Waals surface area contributed by atoms with Crippen LogP contribution in [0.3, 0.4) is 0 Å². The van der Waals surface area contributed by atoms with Crippen LogP contribution < -0.4 is 10.1 Å². The minimum absolute atomic E-state index is 0.0130. The van der Waals surface area contributed by atoms with E-state index in [9.17, 15) is 17.6 Å². The topological polar surface area (TPSA) is 84.9 Å². The number of halogens is 2. The Morgan fingerprint density at radius 2 is 1.93 bits per heavy atom. The van der Waals surface area contributed by atoms with E-state index in [1.807, 2.05) is 0 Å². The second-order valence-corrected chi connectivity index (χ2v) is 8.58. The first-order valence-electron chi connectivity index (χ1n) is 8.88. The van der Waals surface area contributed by atoms with Gasteiger partial charge in [-0.25, -0.2) is 12.8 Å². The van der Waals surface area contributed by atoms with Crippen molar-refractivity contribution in [2.75, 3.05) is 32.9 Å². The first-order valence-corrected chi connectivity index (χ1v) is 10.7. The van der Waals surface area contributed by atoms with Crippen LogP contribution in [0.15, 0.2) is 47.4 Å². The van der Waals surface area contributed by atoms with Crippen LogP contribution in [-0.2, 0) is 26.1 Å². The Bertz CT molecular complexity index is 980. The predicted octanol–water partition coefficient (Wildman–Crippen LogP) is 2.20. The van der Waals surface area contributed by atoms with Crippen LogP contribution in [0.25, 0.3) is 0 Å². The summed E-state index contributed by atoms with van der Waals surface area (Å²) in [6.07, 6.45) is 0. The molecule has 1 N–H and O–H groups in total. The number of amides is 1. The number of benzene rings is 2. The Hall–Kier alpha value is -2.20. The Labute approximate surface area is 173 Å². The minimum Gasteiger partial charge on any atom is -0.482 e. The van der Waals surface area contributed by atoms with Gasteiger partial charge in [0.05, 0.1) is 23.1 Å². The van der Waals surface area contributed by atoms with E-state index >= 15 is 0 Å². The van der Waals surface area contributed by atoms with Gasteiger partial charge in [-0.15, -0.1) is 0 Å². The van der Waals surface area contributed by atoms with E-state index in [1.165, 1.54) is 22.5 Å². The number of nitrogens with one attached hydrogen (secondary N) is 1. The molecule has 0 radical (unpaired) electrons. The van der Waals surface area contributed by atoms with Crippen LogP contribution >= 0.6 is 11.6 Å². The van der Waals surface area contributed by atoms with Crippen molar-refractivity contribution in [3.8, 4) is 5.75 Å². The Balaban J connectivity index is 1.62. The number of rotatable bonds is 7. The molecule has 1 amide bonds. The minimum atomic E-state index is -3.69. The molecule has 3 rings (SSSR count). The Morgan fingerprint density at radius 1 is 1.21 bits per heavy atom. The van der Waals surface area contributed by atoms with Gasteiger partial charge in [-0.3, -0.25) is 4.79 Å². The van der Waals surface area contributed by atoms with Gasteiger partial charge in [0, 0.05) is 19.6 Å². The molecule has 156 valence electrons. The van der Waals surface area contributed by atoms with Gasteiger partial charge in [0.25, 0.3) is 5.91 Å². The SMILES string of the molecule is O=C(COc1ccc(F)cc1Cl)NCc1ccccc1S(=O)(=O)N1CCOCC1. The number of morpholine rings is 1. The summed E-state index contributed by atoms with van der Waals surface area (Å²) in [5.41, 5.74) is 0.465. The maximum Gasteiger partial charge on any atom is 0.258 e. The lowest BCUT2D eigenvalue weighted by molar-refractivity contribution is -0.123. The number of carbonyl (C=O) groups excluding carboxylic acids is 1. The van der Waals surface area contributed by atoms with Crippen LogP contribution in [0.1, 0.15) is 5.56 Å². The lowest BCUT2D eigenvalue weighted by Crippen LogP contribution is -2.41. The fourth-order valence-corrected chi connectivity index (χ4v) is 4.66. The molecular formula is C19H20ClFN2O5S. The summed E-state index contributed by atoms with van der Waals surface area (Å²) >= 11 is 5.85. The number of hydrogen-bond acceptors (Lipinski definition) is 5. The van der Waals surface area contributed by atoms with Crippen molar-refractivity contribution in [1.82, 2.24) is 9.62 Å². The highest BCUT2D eigenvalue weighted by atomic mass is 35.5. The van der Waals surface area contributed by atoms with E-state index < -0.39 is 21.7 Å². The van der Waals surface area contributed by atoms with Crippen molar-refractivity contribution in [3.05, 3.63) is 58.9 Å². The lowest BCUT2D eigenvalue weighted by Gasteiger charge is -2.27. The summed E-state index contributed by atoms with van der Waals surface area (Å²) in [7, 11) is -3.69. The maximum atomic E-state index is 13.0. The molecule has 0 unspecified atom stereocenters. The molecule has 10 heteroatoms. The maximum absolute atomic E-state index is 13.0. The first-order chi connectivity index (χ1) is 13.9. The number of carbonyl (C=O) groups is 1. The van der Waals surface area contributed by atoms with Crippen LogP contribution in [0, 0.1) is 5.82 Å². The average molecular weight is 443 g/mol. The molecule has 1 fully saturated rings.